The Morgan fingerprint density at radius 3 is 2.50 bits per heavy atom. The smallest absolute Gasteiger partial charge is 0.338 e. The minimum Gasteiger partial charge on any atom is -0.493 e. The maximum atomic E-state index is 11.6. The van der Waals surface area contributed by atoms with Gasteiger partial charge in [-0.15, -0.1) is 10.2 Å². The summed E-state index contributed by atoms with van der Waals surface area (Å²) in [5.41, 5.74) is 2.62. The highest BCUT2D eigenvalue weighted by molar-refractivity contribution is 5.94. The lowest BCUT2D eigenvalue weighted by molar-refractivity contribution is 0.0697. The molecule has 0 atom stereocenters. The lowest BCUT2D eigenvalue weighted by atomic mass is 10.1. The van der Waals surface area contributed by atoms with E-state index >= 15 is 0 Å². The van der Waals surface area contributed by atoms with Gasteiger partial charge in [0, 0.05) is 18.3 Å². The minimum atomic E-state index is -1.13. The second-order valence-electron chi connectivity index (χ2n) is 5.64. The summed E-state index contributed by atoms with van der Waals surface area (Å²) < 4.78 is 12.2. The van der Waals surface area contributed by atoms with Crippen molar-refractivity contribution in [1.82, 2.24) is 9.38 Å². The normalized spacial score (nSPS) is 11.2. The molecule has 134 valence electrons. The van der Waals surface area contributed by atoms with Crippen molar-refractivity contribution in [1.29, 1.82) is 0 Å². The van der Waals surface area contributed by atoms with Crippen molar-refractivity contribution < 1.29 is 19.4 Å². The number of aromatic carboxylic acids is 1. The number of methoxy groups -OCH3 is 2. The van der Waals surface area contributed by atoms with Crippen LogP contribution in [0.5, 0.6) is 11.5 Å². The van der Waals surface area contributed by atoms with Gasteiger partial charge in [0.1, 0.15) is 11.3 Å². The van der Waals surface area contributed by atoms with Crippen LogP contribution in [-0.4, -0.2) is 34.7 Å². The fraction of sp³-hybridized carbons (Fsp3) is 0.222. The molecule has 3 rings (SSSR count). The topological polar surface area (TPSA) is 97.8 Å². The van der Waals surface area contributed by atoms with Crippen molar-refractivity contribution in [2.45, 2.75) is 13.8 Å². The fourth-order valence-electron chi connectivity index (χ4n) is 2.65. The van der Waals surface area contributed by atoms with E-state index in [9.17, 15) is 9.90 Å². The second kappa shape index (κ2) is 6.83. The summed E-state index contributed by atoms with van der Waals surface area (Å²) >= 11 is 0. The zero-order valence-corrected chi connectivity index (χ0v) is 14.8. The molecule has 8 heteroatoms. The molecule has 0 radical (unpaired) electrons. The largest absolute Gasteiger partial charge is 0.493 e. The number of hydrogen-bond donors (Lipinski definition) is 1. The van der Waals surface area contributed by atoms with E-state index < -0.39 is 5.97 Å². The Morgan fingerprint density at radius 1 is 1.15 bits per heavy atom. The van der Waals surface area contributed by atoms with Crippen molar-refractivity contribution in [2.75, 3.05) is 14.2 Å². The molecule has 0 saturated carbocycles. The van der Waals surface area contributed by atoms with Gasteiger partial charge in [-0.25, -0.2) is 9.78 Å². The number of rotatable bonds is 5. The molecule has 0 aliphatic heterocycles. The standard InChI is InChI=1S/C18H18N4O4/c1-10-6-5-7-22-16(10)19-11(2)17(22)21-20-13-9-15(26-4)14(25-3)8-12(13)18(23)24/h5-9H,1-4H3,(H,23,24). The number of fused-ring (bicyclic) bond motifs is 1. The number of imidazole rings is 1. The van der Waals surface area contributed by atoms with Crippen LogP contribution in [0.1, 0.15) is 21.6 Å². The van der Waals surface area contributed by atoms with Gasteiger partial charge in [0.05, 0.1) is 25.5 Å². The van der Waals surface area contributed by atoms with E-state index in [0.29, 0.717) is 23.0 Å². The number of carbonyl (C=O) groups is 1. The van der Waals surface area contributed by atoms with Crippen LogP contribution in [0.2, 0.25) is 0 Å². The van der Waals surface area contributed by atoms with Crippen LogP contribution in [0.4, 0.5) is 11.5 Å². The van der Waals surface area contributed by atoms with Crippen LogP contribution >= 0.6 is 0 Å². The summed E-state index contributed by atoms with van der Waals surface area (Å²) in [5.74, 6) is 0.0862. The summed E-state index contributed by atoms with van der Waals surface area (Å²) in [7, 11) is 2.91. The van der Waals surface area contributed by atoms with E-state index in [1.54, 1.807) is 0 Å². The van der Waals surface area contributed by atoms with Crippen LogP contribution in [0.15, 0.2) is 40.7 Å². The van der Waals surface area contributed by atoms with Gasteiger partial charge >= 0.3 is 5.97 Å². The Balaban J connectivity index is 2.13. The molecule has 2 heterocycles. The summed E-state index contributed by atoms with van der Waals surface area (Å²) in [4.78, 5) is 16.1. The van der Waals surface area contributed by atoms with Gasteiger partial charge in [0.15, 0.2) is 17.3 Å². The molecule has 0 bridgehead atoms. The number of ether oxygens (including phenoxy) is 2. The zero-order chi connectivity index (χ0) is 18.8. The Labute approximate surface area is 149 Å². The lowest BCUT2D eigenvalue weighted by Gasteiger charge is -2.09. The van der Waals surface area contributed by atoms with Gasteiger partial charge in [0.25, 0.3) is 0 Å². The maximum absolute atomic E-state index is 11.6. The number of aromatic nitrogens is 2. The van der Waals surface area contributed by atoms with Crippen LogP contribution in [0, 0.1) is 13.8 Å². The highest BCUT2D eigenvalue weighted by Gasteiger charge is 2.17. The number of carboxylic acid groups (broad SMARTS) is 1. The van der Waals surface area contributed by atoms with E-state index in [-0.39, 0.29) is 11.3 Å². The first-order valence-electron chi connectivity index (χ1n) is 7.81. The third-order valence-corrected chi connectivity index (χ3v) is 3.97. The number of aryl methyl sites for hydroxylation is 2. The highest BCUT2D eigenvalue weighted by atomic mass is 16.5. The van der Waals surface area contributed by atoms with Crippen molar-refractivity contribution in [3.63, 3.8) is 0 Å². The molecular formula is C18H18N4O4. The Kier molecular flexibility index (Phi) is 4.57. The van der Waals surface area contributed by atoms with Crippen molar-refractivity contribution in [3.05, 3.63) is 47.3 Å². The monoisotopic (exact) mass is 354 g/mol. The number of nitrogens with zero attached hydrogens (tertiary/aromatic N) is 4. The number of benzene rings is 1. The summed E-state index contributed by atoms with van der Waals surface area (Å²) in [6.07, 6.45) is 1.84. The summed E-state index contributed by atoms with van der Waals surface area (Å²) in [5, 5.41) is 17.8. The molecular weight excluding hydrogens is 336 g/mol. The minimum absolute atomic E-state index is 0.0333. The number of pyridine rings is 1. The molecule has 0 saturated heterocycles. The molecule has 2 aromatic heterocycles. The van der Waals surface area contributed by atoms with Gasteiger partial charge in [0.2, 0.25) is 0 Å². The van der Waals surface area contributed by atoms with Gasteiger partial charge < -0.3 is 14.6 Å². The third kappa shape index (κ3) is 2.97. The molecule has 0 aliphatic carbocycles. The van der Waals surface area contributed by atoms with Crippen LogP contribution in [0.3, 0.4) is 0 Å². The average molecular weight is 354 g/mol. The van der Waals surface area contributed by atoms with Gasteiger partial charge in [-0.3, -0.25) is 4.40 Å². The van der Waals surface area contributed by atoms with Crippen molar-refractivity contribution >= 4 is 23.1 Å². The predicted octanol–water partition coefficient (Wildman–Crippen LogP) is 4.08. The van der Waals surface area contributed by atoms with Crippen molar-refractivity contribution in [2.24, 2.45) is 10.2 Å². The van der Waals surface area contributed by atoms with Crippen molar-refractivity contribution in [3.8, 4) is 11.5 Å². The quantitative estimate of drug-likeness (QED) is 0.696. The summed E-state index contributed by atoms with van der Waals surface area (Å²) in [6.45, 7) is 3.78. The molecule has 1 aromatic carbocycles. The van der Waals surface area contributed by atoms with Crippen LogP contribution in [-0.2, 0) is 0 Å². The predicted molar refractivity (Wildman–Crippen MR) is 95.3 cm³/mol. The molecule has 0 spiro atoms. The Hall–Kier alpha value is -3.42. The first-order valence-corrected chi connectivity index (χ1v) is 7.81. The third-order valence-electron chi connectivity index (χ3n) is 3.97. The molecule has 1 N–H and O–H groups in total. The number of hydrogen-bond acceptors (Lipinski definition) is 6. The van der Waals surface area contributed by atoms with Gasteiger partial charge in [-0.2, -0.15) is 0 Å². The molecule has 3 aromatic rings. The Morgan fingerprint density at radius 2 is 1.85 bits per heavy atom. The average Bonchev–Trinajstić information content (AvgIpc) is 2.95. The first-order chi connectivity index (χ1) is 12.5. The second-order valence-corrected chi connectivity index (χ2v) is 5.64. The van der Waals surface area contributed by atoms with Crippen LogP contribution in [0.25, 0.3) is 5.65 Å². The highest BCUT2D eigenvalue weighted by Crippen LogP contribution is 2.36. The SMILES string of the molecule is COc1cc(N=Nc2c(C)nc3c(C)cccn23)c(C(=O)O)cc1OC. The molecule has 8 nitrogen and oxygen atoms in total. The molecule has 0 unspecified atom stereocenters. The first kappa shape index (κ1) is 17.4. The molecule has 0 fully saturated rings. The molecule has 0 aliphatic rings. The number of azo groups is 1. The van der Waals surface area contributed by atoms with E-state index in [0.717, 1.165) is 11.2 Å². The lowest BCUT2D eigenvalue weighted by Crippen LogP contribution is -1.99. The fourth-order valence-corrected chi connectivity index (χ4v) is 2.65. The molecule has 26 heavy (non-hydrogen) atoms. The van der Waals surface area contributed by atoms with E-state index in [1.165, 1.54) is 26.4 Å². The molecule has 0 amide bonds. The van der Waals surface area contributed by atoms with Crippen LogP contribution < -0.4 is 9.47 Å². The Bertz CT molecular complexity index is 1020. The van der Waals surface area contributed by atoms with Gasteiger partial charge in [-0.05, 0) is 25.5 Å². The zero-order valence-electron chi connectivity index (χ0n) is 14.8. The van der Waals surface area contributed by atoms with E-state index in [1.807, 2.05) is 36.6 Å². The van der Waals surface area contributed by atoms with Gasteiger partial charge in [-0.1, -0.05) is 6.07 Å². The van der Waals surface area contributed by atoms with E-state index in [4.69, 9.17) is 9.47 Å². The van der Waals surface area contributed by atoms with E-state index in [2.05, 4.69) is 15.2 Å². The summed E-state index contributed by atoms with van der Waals surface area (Å²) in [6, 6.07) is 6.69. The number of carboxylic acids is 1. The maximum Gasteiger partial charge on any atom is 0.338 e.